The number of nitrogens with one attached hydrogen (secondary N) is 1. The molecule has 0 amide bonds. The lowest BCUT2D eigenvalue weighted by atomic mass is 10.5. The van der Waals surface area contributed by atoms with E-state index in [0.29, 0.717) is 10.8 Å². The Labute approximate surface area is 98.5 Å². The maximum absolute atomic E-state index is 5.79. The summed E-state index contributed by atoms with van der Waals surface area (Å²) in [6, 6.07) is 0. The van der Waals surface area contributed by atoms with Crippen LogP contribution in [0.2, 0.25) is 5.02 Å². The third-order valence-electron chi connectivity index (χ3n) is 1.96. The summed E-state index contributed by atoms with van der Waals surface area (Å²) >= 11 is 5.79. The van der Waals surface area contributed by atoms with Gasteiger partial charge in [-0.1, -0.05) is 18.5 Å². The Morgan fingerprint density at radius 2 is 2.25 bits per heavy atom. The van der Waals surface area contributed by atoms with E-state index in [1.165, 1.54) is 0 Å². The average Bonchev–Trinajstić information content (AvgIpc) is 2.74. The van der Waals surface area contributed by atoms with Gasteiger partial charge in [-0.3, -0.25) is 4.98 Å². The molecule has 0 aliphatic heterocycles. The molecule has 2 heterocycles. The maximum atomic E-state index is 5.79. The summed E-state index contributed by atoms with van der Waals surface area (Å²) in [5, 5.41) is 7.80. The van der Waals surface area contributed by atoms with E-state index in [1.807, 2.05) is 0 Å². The lowest BCUT2D eigenvalue weighted by Crippen LogP contribution is -2.05. The molecule has 0 aromatic carbocycles. The van der Waals surface area contributed by atoms with Crippen LogP contribution in [0, 0.1) is 0 Å². The highest BCUT2D eigenvalue weighted by Gasteiger charge is 2.02. The number of nitrogens with zero attached hydrogens (tertiary/aromatic N) is 4. The molecule has 0 spiro atoms. The van der Waals surface area contributed by atoms with Gasteiger partial charge in [0.15, 0.2) is 5.82 Å². The predicted molar refractivity (Wildman–Crippen MR) is 62.9 cm³/mol. The van der Waals surface area contributed by atoms with Crippen molar-refractivity contribution in [1.29, 1.82) is 0 Å². The van der Waals surface area contributed by atoms with Gasteiger partial charge in [0.25, 0.3) is 0 Å². The molecule has 0 saturated carbocycles. The van der Waals surface area contributed by atoms with Gasteiger partial charge in [0.1, 0.15) is 5.82 Å². The summed E-state index contributed by atoms with van der Waals surface area (Å²) in [6.45, 7) is 2.97. The minimum atomic E-state index is 0.578. The fraction of sp³-hybridized carbons (Fsp3) is 0.300. The van der Waals surface area contributed by atoms with Crippen molar-refractivity contribution in [1.82, 2.24) is 19.7 Å². The van der Waals surface area contributed by atoms with Gasteiger partial charge >= 0.3 is 0 Å². The van der Waals surface area contributed by atoms with Crippen LogP contribution in [0.25, 0.3) is 5.82 Å². The Balaban J connectivity index is 2.22. The molecule has 6 heteroatoms. The van der Waals surface area contributed by atoms with Crippen molar-refractivity contribution >= 4 is 17.4 Å². The molecule has 2 aromatic rings. The molecule has 0 unspecified atom stereocenters. The second kappa shape index (κ2) is 4.94. The summed E-state index contributed by atoms with van der Waals surface area (Å²) in [6.07, 6.45) is 7.62. The number of hydrogen-bond donors (Lipinski definition) is 1. The van der Waals surface area contributed by atoms with Gasteiger partial charge in [-0.05, 0) is 6.42 Å². The van der Waals surface area contributed by atoms with Crippen molar-refractivity contribution in [2.24, 2.45) is 0 Å². The van der Waals surface area contributed by atoms with Gasteiger partial charge in [-0.25, -0.2) is 9.67 Å². The van der Waals surface area contributed by atoms with E-state index in [4.69, 9.17) is 11.6 Å². The fourth-order valence-electron chi connectivity index (χ4n) is 1.23. The topological polar surface area (TPSA) is 55.6 Å². The normalized spacial score (nSPS) is 10.4. The highest BCUT2D eigenvalue weighted by molar-refractivity contribution is 6.30. The molecule has 16 heavy (non-hydrogen) atoms. The first-order chi connectivity index (χ1) is 7.79. The second-order valence-electron chi connectivity index (χ2n) is 3.29. The maximum Gasteiger partial charge on any atom is 0.174 e. The van der Waals surface area contributed by atoms with Crippen molar-refractivity contribution < 1.29 is 0 Å². The lowest BCUT2D eigenvalue weighted by molar-refractivity contribution is 0.836. The first-order valence-corrected chi connectivity index (χ1v) is 5.44. The van der Waals surface area contributed by atoms with E-state index in [1.54, 1.807) is 29.5 Å². The minimum absolute atomic E-state index is 0.578. The Bertz CT molecular complexity index is 468. The minimum Gasteiger partial charge on any atom is -0.369 e. The number of anilines is 1. The summed E-state index contributed by atoms with van der Waals surface area (Å²) in [4.78, 5) is 8.46. The molecule has 2 aromatic heterocycles. The Kier molecular flexibility index (Phi) is 3.36. The molecule has 0 saturated heterocycles. The summed E-state index contributed by atoms with van der Waals surface area (Å²) in [7, 11) is 0. The number of rotatable bonds is 4. The van der Waals surface area contributed by atoms with Crippen molar-refractivity contribution in [3.05, 3.63) is 29.8 Å². The smallest absolute Gasteiger partial charge is 0.174 e. The van der Waals surface area contributed by atoms with Crippen molar-refractivity contribution in [3.63, 3.8) is 0 Å². The molecular formula is C10H12ClN5. The zero-order valence-corrected chi connectivity index (χ0v) is 9.65. The van der Waals surface area contributed by atoms with Gasteiger partial charge in [0, 0.05) is 6.54 Å². The van der Waals surface area contributed by atoms with Crippen LogP contribution in [-0.2, 0) is 0 Å². The van der Waals surface area contributed by atoms with E-state index >= 15 is 0 Å². The zero-order valence-electron chi connectivity index (χ0n) is 8.89. The fourth-order valence-corrected chi connectivity index (χ4v) is 1.37. The van der Waals surface area contributed by atoms with Crippen LogP contribution in [0.15, 0.2) is 24.8 Å². The standard InChI is InChI=1S/C10H12ClN5/c1-2-3-13-9-5-12-6-10(15-9)16-7-8(11)4-14-16/h4-7H,2-3H2,1H3,(H,13,15). The van der Waals surface area contributed by atoms with Gasteiger partial charge in [0.05, 0.1) is 29.8 Å². The quantitative estimate of drug-likeness (QED) is 0.885. The molecule has 0 aliphatic rings. The van der Waals surface area contributed by atoms with Gasteiger partial charge in [-0.15, -0.1) is 0 Å². The first-order valence-electron chi connectivity index (χ1n) is 5.06. The van der Waals surface area contributed by atoms with Crippen LogP contribution in [0.3, 0.4) is 0 Å². The Morgan fingerprint density at radius 1 is 1.38 bits per heavy atom. The monoisotopic (exact) mass is 237 g/mol. The van der Waals surface area contributed by atoms with Crippen molar-refractivity contribution in [3.8, 4) is 5.82 Å². The average molecular weight is 238 g/mol. The molecule has 5 nitrogen and oxygen atoms in total. The molecule has 0 atom stereocenters. The van der Waals surface area contributed by atoms with Gasteiger partial charge in [-0.2, -0.15) is 5.10 Å². The molecule has 0 fully saturated rings. The Morgan fingerprint density at radius 3 is 2.94 bits per heavy atom. The molecule has 84 valence electrons. The largest absolute Gasteiger partial charge is 0.369 e. The van der Waals surface area contributed by atoms with E-state index in [9.17, 15) is 0 Å². The first kappa shape index (κ1) is 10.9. The number of halogens is 1. The lowest BCUT2D eigenvalue weighted by Gasteiger charge is -2.05. The molecule has 1 N–H and O–H groups in total. The third-order valence-corrected chi connectivity index (χ3v) is 2.16. The van der Waals surface area contributed by atoms with Crippen LogP contribution in [0.5, 0.6) is 0 Å². The predicted octanol–water partition coefficient (Wildman–Crippen LogP) is 2.14. The highest BCUT2D eigenvalue weighted by atomic mass is 35.5. The Hall–Kier alpha value is -1.62. The summed E-state index contributed by atoms with van der Waals surface area (Å²) in [5.41, 5.74) is 0. The van der Waals surface area contributed by atoms with Crippen LogP contribution in [0.1, 0.15) is 13.3 Å². The van der Waals surface area contributed by atoms with Crippen molar-refractivity contribution in [2.45, 2.75) is 13.3 Å². The summed E-state index contributed by atoms with van der Waals surface area (Å²) < 4.78 is 1.59. The van der Waals surface area contributed by atoms with E-state index in [0.717, 1.165) is 18.8 Å². The van der Waals surface area contributed by atoms with Crippen LogP contribution < -0.4 is 5.32 Å². The second-order valence-corrected chi connectivity index (χ2v) is 3.73. The summed E-state index contributed by atoms with van der Waals surface area (Å²) in [5.74, 6) is 1.39. The molecule has 2 rings (SSSR count). The molecule has 0 radical (unpaired) electrons. The molecule has 0 aliphatic carbocycles. The van der Waals surface area contributed by atoms with Crippen LogP contribution in [-0.4, -0.2) is 26.3 Å². The third kappa shape index (κ3) is 2.49. The van der Waals surface area contributed by atoms with E-state index < -0.39 is 0 Å². The van der Waals surface area contributed by atoms with Gasteiger partial charge < -0.3 is 5.32 Å². The highest BCUT2D eigenvalue weighted by Crippen LogP contribution is 2.10. The van der Waals surface area contributed by atoms with Crippen molar-refractivity contribution in [2.75, 3.05) is 11.9 Å². The van der Waals surface area contributed by atoms with Crippen LogP contribution >= 0.6 is 11.6 Å². The SMILES string of the molecule is CCCNc1cncc(-n2cc(Cl)cn2)n1. The van der Waals surface area contributed by atoms with E-state index in [-0.39, 0.29) is 0 Å². The number of hydrogen-bond acceptors (Lipinski definition) is 4. The number of aromatic nitrogens is 4. The zero-order chi connectivity index (χ0) is 11.4. The molecule has 0 bridgehead atoms. The van der Waals surface area contributed by atoms with Gasteiger partial charge in [0.2, 0.25) is 0 Å². The van der Waals surface area contributed by atoms with E-state index in [2.05, 4.69) is 27.3 Å². The molecular weight excluding hydrogens is 226 g/mol. The van der Waals surface area contributed by atoms with Crippen LogP contribution in [0.4, 0.5) is 5.82 Å².